The SMILES string of the molecule is CC1(C)CCCCC1NCc1ccc(O)c(O)c1O. The summed E-state index contributed by atoms with van der Waals surface area (Å²) in [5.41, 5.74) is 0.865. The van der Waals surface area contributed by atoms with Gasteiger partial charge in [-0.25, -0.2) is 0 Å². The molecule has 0 radical (unpaired) electrons. The smallest absolute Gasteiger partial charge is 0.200 e. The molecule has 106 valence electrons. The Hall–Kier alpha value is -1.42. The minimum Gasteiger partial charge on any atom is -0.504 e. The normalized spacial score (nSPS) is 22.3. The molecule has 1 aliphatic carbocycles. The maximum absolute atomic E-state index is 9.79. The van der Waals surface area contributed by atoms with Crippen LogP contribution in [0, 0.1) is 5.41 Å². The number of nitrogens with one attached hydrogen (secondary N) is 1. The van der Waals surface area contributed by atoms with Gasteiger partial charge in [0.25, 0.3) is 0 Å². The Morgan fingerprint density at radius 1 is 1.16 bits per heavy atom. The van der Waals surface area contributed by atoms with Gasteiger partial charge in [-0.3, -0.25) is 0 Å². The molecule has 1 aromatic carbocycles. The van der Waals surface area contributed by atoms with E-state index in [0.717, 1.165) is 6.42 Å². The van der Waals surface area contributed by atoms with Crippen LogP contribution in [0.2, 0.25) is 0 Å². The number of aromatic hydroxyl groups is 3. The van der Waals surface area contributed by atoms with Crippen LogP contribution in [0.3, 0.4) is 0 Å². The molecule has 1 aliphatic rings. The molecule has 1 unspecified atom stereocenters. The molecule has 0 aromatic heterocycles. The second-order valence-corrected chi connectivity index (χ2v) is 6.11. The summed E-state index contributed by atoms with van der Waals surface area (Å²) in [6.45, 7) is 5.02. The van der Waals surface area contributed by atoms with E-state index in [1.54, 1.807) is 6.07 Å². The van der Waals surface area contributed by atoms with Crippen molar-refractivity contribution in [3.63, 3.8) is 0 Å². The average Bonchev–Trinajstić information content (AvgIpc) is 2.36. The van der Waals surface area contributed by atoms with E-state index in [0.29, 0.717) is 18.2 Å². The highest BCUT2D eigenvalue weighted by Gasteiger charge is 2.31. The zero-order valence-electron chi connectivity index (χ0n) is 11.6. The van der Waals surface area contributed by atoms with E-state index in [4.69, 9.17) is 0 Å². The Morgan fingerprint density at radius 2 is 1.89 bits per heavy atom. The van der Waals surface area contributed by atoms with Crippen LogP contribution in [-0.2, 0) is 6.54 Å². The van der Waals surface area contributed by atoms with Crippen molar-refractivity contribution in [3.8, 4) is 17.2 Å². The standard InChI is InChI=1S/C15H23NO3/c1-15(2)8-4-3-5-12(15)16-9-10-6-7-11(17)14(19)13(10)18/h6-7,12,16-19H,3-5,8-9H2,1-2H3. The largest absolute Gasteiger partial charge is 0.504 e. The molecule has 0 aliphatic heterocycles. The monoisotopic (exact) mass is 265 g/mol. The molecule has 4 nitrogen and oxygen atoms in total. The van der Waals surface area contributed by atoms with Crippen LogP contribution in [0.5, 0.6) is 17.2 Å². The molecule has 4 heteroatoms. The Morgan fingerprint density at radius 3 is 2.58 bits per heavy atom. The van der Waals surface area contributed by atoms with Crippen molar-refractivity contribution in [2.45, 2.75) is 52.1 Å². The predicted octanol–water partition coefficient (Wildman–Crippen LogP) is 2.86. The van der Waals surface area contributed by atoms with Crippen LogP contribution in [0.4, 0.5) is 0 Å². The van der Waals surface area contributed by atoms with E-state index >= 15 is 0 Å². The first-order valence-electron chi connectivity index (χ1n) is 6.88. The molecule has 0 heterocycles. The summed E-state index contributed by atoms with van der Waals surface area (Å²) >= 11 is 0. The van der Waals surface area contributed by atoms with Crippen molar-refractivity contribution in [1.82, 2.24) is 5.32 Å². The fourth-order valence-electron chi connectivity index (χ4n) is 2.86. The summed E-state index contributed by atoms with van der Waals surface area (Å²) in [5.74, 6) is -0.970. The molecule has 0 bridgehead atoms. The van der Waals surface area contributed by atoms with Crippen molar-refractivity contribution in [3.05, 3.63) is 17.7 Å². The van der Waals surface area contributed by atoms with Crippen LogP contribution in [0.1, 0.15) is 45.1 Å². The zero-order chi connectivity index (χ0) is 14.0. The number of rotatable bonds is 3. The van der Waals surface area contributed by atoms with Gasteiger partial charge in [0.2, 0.25) is 5.75 Å². The van der Waals surface area contributed by atoms with Gasteiger partial charge >= 0.3 is 0 Å². The molecule has 0 amide bonds. The number of phenolic OH excluding ortho intramolecular Hbond substituents is 3. The first-order valence-corrected chi connectivity index (χ1v) is 6.88. The molecule has 1 atom stereocenters. The first-order chi connectivity index (χ1) is 8.92. The molecule has 4 N–H and O–H groups in total. The maximum Gasteiger partial charge on any atom is 0.200 e. The molecule has 1 saturated carbocycles. The fraction of sp³-hybridized carbons (Fsp3) is 0.600. The van der Waals surface area contributed by atoms with E-state index in [-0.39, 0.29) is 16.9 Å². The summed E-state index contributed by atoms with van der Waals surface area (Å²) in [7, 11) is 0. The lowest BCUT2D eigenvalue weighted by Crippen LogP contribution is -2.43. The van der Waals surface area contributed by atoms with E-state index in [2.05, 4.69) is 19.2 Å². The third-order valence-electron chi connectivity index (χ3n) is 4.26. The molecule has 19 heavy (non-hydrogen) atoms. The maximum atomic E-state index is 9.79. The Kier molecular flexibility index (Phi) is 3.90. The van der Waals surface area contributed by atoms with Gasteiger partial charge in [0, 0.05) is 18.2 Å². The van der Waals surface area contributed by atoms with Gasteiger partial charge in [0.15, 0.2) is 11.5 Å². The molecule has 0 saturated heterocycles. The molecular weight excluding hydrogens is 242 g/mol. The summed E-state index contributed by atoms with van der Waals surface area (Å²) < 4.78 is 0. The van der Waals surface area contributed by atoms with Gasteiger partial charge in [-0.15, -0.1) is 0 Å². The molecular formula is C15H23NO3. The number of hydrogen-bond donors (Lipinski definition) is 4. The van der Waals surface area contributed by atoms with Crippen molar-refractivity contribution in [1.29, 1.82) is 0 Å². The number of phenols is 3. The topological polar surface area (TPSA) is 72.7 Å². The number of benzene rings is 1. The van der Waals surface area contributed by atoms with Crippen LogP contribution >= 0.6 is 0 Å². The van der Waals surface area contributed by atoms with Crippen LogP contribution in [-0.4, -0.2) is 21.4 Å². The van der Waals surface area contributed by atoms with Crippen molar-refractivity contribution in [2.75, 3.05) is 0 Å². The van der Waals surface area contributed by atoms with Crippen LogP contribution < -0.4 is 5.32 Å². The van der Waals surface area contributed by atoms with Crippen LogP contribution in [0.15, 0.2) is 12.1 Å². The lowest BCUT2D eigenvalue weighted by Gasteiger charge is -2.39. The Labute approximate surface area is 114 Å². The average molecular weight is 265 g/mol. The highest BCUT2D eigenvalue weighted by atomic mass is 16.3. The highest BCUT2D eigenvalue weighted by Crippen LogP contribution is 2.38. The van der Waals surface area contributed by atoms with Crippen molar-refractivity contribution in [2.24, 2.45) is 5.41 Å². The summed E-state index contributed by atoms with van der Waals surface area (Å²) in [6, 6.07) is 3.45. The van der Waals surface area contributed by atoms with Gasteiger partial charge in [0.05, 0.1) is 0 Å². The van der Waals surface area contributed by atoms with Gasteiger partial charge in [-0.2, -0.15) is 0 Å². The fourth-order valence-corrected chi connectivity index (χ4v) is 2.86. The molecule has 1 fully saturated rings. The van der Waals surface area contributed by atoms with E-state index in [1.165, 1.54) is 25.3 Å². The zero-order valence-corrected chi connectivity index (χ0v) is 11.6. The van der Waals surface area contributed by atoms with Crippen molar-refractivity contribution >= 4 is 0 Å². The van der Waals surface area contributed by atoms with Gasteiger partial charge in [-0.05, 0) is 24.3 Å². The molecule has 2 rings (SSSR count). The summed E-state index contributed by atoms with van der Waals surface area (Å²) in [5, 5.41) is 32.0. The third-order valence-corrected chi connectivity index (χ3v) is 4.26. The quantitative estimate of drug-likeness (QED) is 0.634. The van der Waals surface area contributed by atoms with E-state index in [9.17, 15) is 15.3 Å². The van der Waals surface area contributed by atoms with Gasteiger partial charge in [0.1, 0.15) is 0 Å². The first kappa shape index (κ1) is 14.0. The minimum absolute atomic E-state index is 0.235. The second-order valence-electron chi connectivity index (χ2n) is 6.11. The minimum atomic E-state index is -0.442. The Bertz CT molecular complexity index is 457. The van der Waals surface area contributed by atoms with Crippen molar-refractivity contribution < 1.29 is 15.3 Å². The lowest BCUT2D eigenvalue weighted by molar-refractivity contribution is 0.166. The lowest BCUT2D eigenvalue weighted by atomic mass is 9.73. The van der Waals surface area contributed by atoms with Crippen LogP contribution in [0.25, 0.3) is 0 Å². The Balaban J connectivity index is 2.04. The predicted molar refractivity (Wildman–Crippen MR) is 74.3 cm³/mol. The summed E-state index contributed by atoms with van der Waals surface area (Å²) in [6.07, 6.45) is 4.85. The summed E-state index contributed by atoms with van der Waals surface area (Å²) in [4.78, 5) is 0. The molecule has 1 aromatic rings. The molecule has 0 spiro atoms. The second kappa shape index (κ2) is 5.29. The number of hydrogen-bond acceptors (Lipinski definition) is 4. The van der Waals surface area contributed by atoms with E-state index in [1.807, 2.05) is 0 Å². The van der Waals surface area contributed by atoms with Gasteiger partial charge in [-0.1, -0.05) is 32.8 Å². The third kappa shape index (κ3) is 2.95. The van der Waals surface area contributed by atoms with Gasteiger partial charge < -0.3 is 20.6 Å². The highest BCUT2D eigenvalue weighted by molar-refractivity contribution is 5.53. The van der Waals surface area contributed by atoms with E-state index < -0.39 is 5.75 Å².